The number of esters is 1. The van der Waals surface area contributed by atoms with Gasteiger partial charge in [0, 0.05) is 51.4 Å². The third-order valence-electron chi connectivity index (χ3n) is 3.67. The van der Waals surface area contributed by atoms with E-state index >= 15 is 0 Å². The fourth-order valence-corrected chi connectivity index (χ4v) is 2.05. The minimum absolute atomic E-state index is 0.0422. The number of nitrogens with two attached hydrogens (primary N) is 1. The largest absolute Gasteiger partial charge is 0.480 e. The van der Waals surface area contributed by atoms with E-state index < -0.39 is 23.8 Å². The van der Waals surface area contributed by atoms with Gasteiger partial charge in [-0.1, -0.05) is 0 Å². The van der Waals surface area contributed by atoms with E-state index in [1.54, 1.807) is 0 Å². The number of Topliss-reactive ketones (excluding diaryl/α,β-unsaturated/α-hetero) is 4. The molecule has 0 aliphatic heterocycles. The van der Waals surface area contributed by atoms with Gasteiger partial charge in [-0.3, -0.25) is 28.8 Å². The van der Waals surface area contributed by atoms with Gasteiger partial charge in [0.05, 0.1) is 6.42 Å². The molecule has 0 rings (SSSR count). The molecule has 0 fully saturated rings. The summed E-state index contributed by atoms with van der Waals surface area (Å²) < 4.78 is 15.9. The molecule has 0 amide bonds. The molecule has 0 radical (unpaired) electrons. The predicted octanol–water partition coefficient (Wildman–Crippen LogP) is 1.17. The van der Waals surface area contributed by atoms with Crippen molar-refractivity contribution in [3.05, 3.63) is 12.6 Å². The molecule has 0 aromatic heterocycles. The SMILES string of the molecule is NC(CC(=O)CCC(=O)CCC(=O)CCC(=O)CCC(=O)OC=CF)C(=O)O. The van der Waals surface area contributed by atoms with E-state index in [0.717, 1.165) is 0 Å². The molecular weight excluding hydrogens is 377 g/mol. The third-order valence-corrected chi connectivity index (χ3v) is 3.67. The van der Waals surface area contributed by atoms with Crippen LogP contribution in [-0.4, -0.2) is 46.2 Å². The topological polar surface area (TPSA) is 158 Å². The number of hydrogen-bond acceptors (Lipinski definition) is 8. The molecule has 0 heterocycles. The lowest BCUT2D eigenvalue weighted by Crippen LogP contribution is -2.32. The summed E-state index contributed by atoms with van der Waals surface area (Å²) in [5.41, 5.74) is 5.22. The first-order valence-electron chi connectivity index (χ1n) is 8.65. The summed E-state index contributed by atoms with van der Waals surface area (Å²) in [6.07, 6.45) is -0.661. The second-order valence-electron chi connectivity index (χ2n) is 6.06. The smallest absolute Gasteiger partial charge is 0.320 e. The van der Waals surface area contributed by atoms with Crippen LogP contribution in [0.1, 0.15) is 57.8 Å². The van der Waals surface area contributed by atoms with Crippen LogP contribution < -0.4 is 5.73 Å². The molecule has 10 heteroatoms. The van der Waals surface area contributed by atoms with Gasteiger partial charge < -0.3 is 15.6 Å². The molecule has 0 saturated heterocycles. The molecule has 0 aliphatic carbocycles. The zero-order valence-corrected chi connectivity index (χ0v) is 15.4. The Balaban J connectivity index is 3.92. The molecule has 0 aliphatic rings. The van der Waals surface area contributed by atoms with Gasteiger partial charge in [0.1, 0.15) is 41.8 Å². The van der Waals surface area contributed by atoms with Gasteiger partial charge in [-0.2, -0.15) is 0 Å². The van der Waals surface area contributed by atoms with E-state index in [2.05, 4.69) is 4.74 Å². The lowest BCUT2D eigenvalue weighted by molar-refractivity contribution is -0.140. The van der Waals surface area contributed by atoms with Crippen LogP contribution in [-0.2, 0) is 33.5 Å². The van der Waals surface area contributed by atoms with E-state index in [1.807, 2.05) is 0 Å². The van der Waals surface area contributed by atoms with Crippen molar-refractivity contribution in [3.63, 3.8) is 0 Å². The highest BCUT2D eigenvalue weighted by molar-refractivity contribution is 5.92. The maximum Gasteiger partial charge on any atom is 0.320 e. The number of carbonyl (C=O) groups is 6. The van der Waals surface area contributed by atoms with Crippen molar-refractivity contribution in [2.24, 2.45) is 5.73 Å². The van der Waals surface area contributed by atoms with Gasteiger partial charge in [-0.05, 0) is 0 Å². The van der Waals surface area contributed by atoms with Gasteiger partial charge in [0.25, 0.3) is 0 Å². The van der Waals surface area contributed by atoms with Crippen molar-refractivity contribution in [1.82, 2.24) is 0 Å². The van der Waals surface area contributed by atoms with Crippen LogP contribution in [0.25, 0.3) is 0 Å². The molecule has 1 atom stereocenters. The van der Waals surface area contributed by atoms with Crippen LogP contribution in [0.4, 0.5) is 4.39 Å². The quantitative estimate of drug-likeness (QED) is 0.286. The number of ether oxygens (including phenoxy) is 1. The van der Waals surface area contributed by atoms with Crippen LogP contribution in [0.15, 0.2) is 12.6 Å². The molecule has 28 heavy (non-hydrogen) atoms. The Labute approximate surface area is 161 Å². The number of carboxylic acids is 1. The van der Waals surface area contributed by atoms with E-state index in [9.17, 15) is 33.2 Å². The number of carboxylic acid groups (broad SMARTS) is 1. The molecule has 0 bridgehead atoms. The zero-order valence-electron chi connectivity index (χ0n) is 15.4. The summed E-state index contributed by atoms with van der Waals surface area (Å²) in [5, 5.41) is 8.59. The first-order valence-corrected chi connectivity index (χ1v) is 8.65. The molecule has 0 aromatic carbocycles. The molecule has 1 unspecified atom stereocenters. The number of hydrogen-bond donors (Lipinski definition) is 2. The Morgan fingerprint density at radius 1 is 0.786 bits per heavy atom. The average molecular weight is 401 g/mol. The number of ketones is 4. The minimum Gasteiger partial charge on any atom is -0.480 e. The second kappa shape index (κ2) is 14.3. The van der Waals surface area contributed by atoms with Crippen molar-refractivity contribution < 1.29 is 43.0 Å². The lowest BCUT2D eigenvalue weighted by Gasteiger charge is -2.05. The summed E-state index contributed by atoms with van der Waals surface area (Å²) in [7, 11) is 0. The Morgan fingerprint density at radius 3 is 1.57 bits per heavy atom. The molecule has 0 saturated carbocycles. The maximum atomic E-state index is 11.7. The van der Waals surface area contributed by atoms with Gasteiger partial charge >= 0.3 is 11.9 Å². The Bertz CT molecular complexity index is 629. The number of aliphatic carboxylic acids is 1. The Morgan fingerprint density at radius 2 is 1.18 bits per heavy atom. The maximum absolute atomic E-state index is 11.7. The van der Waals surface area contributed by atoms with Crippen LogP contribution in [0.5, 0.6) is 0 Å². The number of halogens is 1. The van der Waals surface area contributed by atoms with Crippen molar-refractivity contribution >= 4 is 35.1 Å². The van der Waals surface area contributed by atoms with E-state index in [0.29, 0.717) is 6.26 Å². The molecule has 156 valence electrons. The fourth-order valence-electron chi connectivity index (χ4n) is 2.05. The molecular formula is C18H24FNO8. The van der Waals surface area contributed by atoms with Crippen molar-refractivity contribution in [3.8, 4) is 0 Å². The summed E-state index contributed by atoms with van der Waals surface area (Å²) in [4.78, 5) is 68.0. The molecule has 0 spiro atoms. The zero-order chi connectivity index (χ0) is 21.5. The van der Waals surface area contributed by atoms with Crippen LogP contribution in [0.2, 0.25) is 0 Å². The Hall–Kier alpha value is -2.75. The van der Waals surface area contributed by atoms with Gasteiger partial charge in [-0.15, -0.1) is 0 Å². The van der Waals surface area contributed by atoms with Crippen molar-refractivity contribution in [1.29, 1.82) is 0 Å². The van der Waals surface area contributed by atoms with Crippen molar-refractivity contribution in [2.75, 3.05) is 0 Å². The first-order chi connectivity index (χ1) is 13.1. The summed E-state index contributed by atoms with van der Waals surface area (Å²) in [6.45, 7) is 0. The van der Waals surface area contributed by atoms with Gasteiger partial charge in [0.2, 0.25) is 0 Å². The minimum atomic E-state index is -1.30. The second-order valence-corrected chi connectivity index (χ2v) is 6.06. The van der Waals surface area contributed by atoms with Crippen LogP contribution in [0, 0.1) is 0 Å². The van der Waals surface area contributed by atoms with Gasteiger partial charge in [0.15, 0.2) is 0 Å². The number of carbonyl (C=O) groups excluding carboxylic acids is 5. The Kier molecular flexibility index (Phi) is 12.9. The third kappa shape index (κ3) is 13.5. The van der Waals surface area contributed by atoms with Crippen LogP contribution in [0.3, 0.4) is 0 Å². The predicted molar refractivity (Wildman–Crippen MR) is 93.5 cm³/mol. The summed E-state index contributed by atoms with van der Waals surface area (Å²) >= 11 is 0. The normalized spacial score (nSPS) is 11.8. The molecule has 3 N–H and O–H groups in total. The van der Waals surface area contributed by atoms with Crippen molar-refractivity contribution in [2.45, 2.75) is 63.8 Å². The molecule has 9 nitrogen and oxygen atoms in total. The van der Waals surface area contributed by atoms with E-state index in [1.165, 1.54) is 0 Å². The average Bonchev–Trinajstić information content (AvgIpc) is 2.65. The molecule has 0 aromatic rings. The highest BCUT2D eigenvalue weighted by Gasteiger charge is 2.17. The summed E-state index contributed by atoms with van der Waals surface area (Å²) in [6, 6.07) is -1.30. The highest BCUT2D eigenvalue weighted by atomic mass is 19.1. The first kappa shape index (κ1) is 25.2. The van der Waals surface area contributed by atoms with E-state index in [-0.39, 0.29) is 81.5 Å². The number of rotatable bonds is 16. The lowest BCUT2D eigenvalue weighted by atomic mass is 10.0. The van der Waals surface area contributed by atoms with Gasteiger partial charge in [-0.25, -0.2) is 4.39 Å². The highest BCUT2D eigenvalue weighted by Crippen LogP contribution is 2.07. The standard InChI is InChI=1S/C18H24FNO8/c19-9-10-28-17(25)8-7-14(23)4-3-12(21)1-2-13(22)5-6-15(24)11-16(20)18(26)27/h9-10,16H,1-8,11,20H2,(H,26,27). The fraction of sp³-hybridized carbons (Fsp3) is 0.556. The summed E-state index contributed by atoms with van der Waals surface area (Å²) in [5.74, 6) is -3.46. The van der Waals surface area contributed by atoms with Crippen LogP contribution >= 0.6 is 0 Å². The monoisotopic (exact) mass is 401 g/mol. The van der Waals surface area contributed by atoms with E-state index in [4.69, 9.17) is 10.8 Å².